The van der Waals surface area contributed by atoms with Gasteiger partial charge < -0.3 is 14.4 Å². The number of ether oxygens (including phenoxy) is 2. The quantitative estimate of drug-likeness (QED) is 0.774. The van der Waals surface area contributed by atoms with E-state index in [9.17, 15) is 13.2 Å². The molecule has 1 aromatic rings. The number of sulfonamides is 1. The number of hydrogen-bond acceptors (Lipinski definition) is 5. The van der Waals surface area contributed by atoms with E-state index >= 15 is 0 Å². The van der Waals surface area contributed by atoms with E-state index in [0.29, 0.717) is 44.1 Å². The second-order valence-electron chi connectivity index (χ2n) is 6.21. The lowest BCUT2D eigenvalue weighted by Crippen LogP contribution is -2.37. The third-order valence-corrected chi connectivity index (χ3v) is 5.76. The van der Waals surface area contributed by atoms with Gasteiger partial charge in [0.05, 0.1) is 26.9 Å². The normalized spacial score (nSPS) is 16.4. The molecule has 1 heterocycles. The summed E-state index contributed by atoms with van der Waals surface area (Å²) in [4.78, 5) is 14.4. The molecule has 1 saturated heterocycles. The van der Waals surface area contributed by atoms with Crippen LogP contribution in [-0.2, 0) is 21.2 Å². The molecule has 0 spiro atoms. The van der Waals surface area contributed by atoms with Crippen LogP contribution in [0.25, 0.3) is 0 Å². The molecule has 2 rings (SSSR count). The molecule has 0 aromatic heterocycles. The van der Waals surface area contributed by atoms with E-state index in [-0.39, 0.29) is 12.3 Å². The number of hydrogen-bond donors (Lipinski definition) is 0. The second-order valence-corrected chi connectivity index (χ2v) is 8.19. The molecule has 1 amide bonds. The Morgan fingerprint density at radius 3 is 2.32 bits per heavy atom. The predicted octanol–water partition coefficient (Wildman–Crippen LogP) is 1.05. The summed E-state index contributed by atoms with van der Waals surface area (Å²) in [6, 6.07) is 3.68. The van der Waals surface area contributed by atoms with Crippen molar-refractivity contribution in [2.45, 2.75) is 19.8 Å². The summed E-state index contributed by atoms with van der Waals surface area (Å²) in [6.07, 6.45) is 2.10. The third-order valence-electron chi connectivity index (χ3n) is 4.46. The topological polar surface area (TPSA) is 76.2 Å². The predicted molar refractivity (Wildman–Crippen MR) is 95.6 cm³/mol. The minimum absolute atomic E-state index is 0.00864. The van der Waals surface area contributed by atoms with Crippen LogP contribution in [0, 0.1) is 6.92 Å². The highest BCUT2D eigenvalue weighted by atomic mass is 32.2. The highest BCUT2D eigenvalue weighted by Gasteiger charge is 2.24. The van der Waals surface area contributed by atoms with Gasteiger partial charge in [0.1, 0.15) is 0 Å². The number of methoxy groups -OCH3 is 2. The Bertz CT molecular complexity index is 733. The molecule has 0 radical (unpaired) electrons. The summed E-state index contributed by atoms with van der Waals surface area (Å²) in [5.41, 5.74) is 1.84. The van der Waals surface area contributed by atoms with Crippen LogP contribution in [0.2, 0.25) is 0 Å². The Morgan fingerprint density at radius 2 is 1.72 bits per heavy atom. The smallest absolute Gasteiger partial charge is 0.227 e. The fourth-order valence-corrected chi connectivity index (χ4v) is 3.84. The lowest BCUT2D eigenvalue weighted by atomic mass is 10.0. The van der Waals surface area contributed by atoms with Gasteiger partial charge in [-0.3, -0.25) is 4.79 Å². The van der Waals surface area contributed by atoms with Gasteiger partial charge in [-0.1, -0.05) is 0 Å². The molecule has 0 N–H and O–H groups in total. The van der Waals surface area contributed by atoms with E-state index in [4.69, 9.17) is 9.47 Å². The maximum absolute atomic E-state index is 12.7. The molecule has 1 fully saturated rings. The van der Waals surface area contributed by atoms with Gasteiger partial charge in [0.2, 0.25) is 15.9 Å². The van der Waals surface area contributed by atoms with E-state index in [1.54, 1.807) is 19.1 Å². The molecule has 1 aromatic carbocycles. The molecule has 0 atom stereocenters. The van der Waals surface area contributed by atoms with Crippen molar-refractivity contribution in [2.75, 3.05) is 46.7 Å². The van der Waals surface area contributed by atoms with E-state index in [1.165, 1.54) is 10.6 Å². The van der Waals surface area contributed by atoms with E-state index < -0.39 is 10.0 Å². The first kappa shape index (κ1) is 19.5. The van der Waals surface area contributed by atoms with E-state index in [2.05, 4.69) is 0 Å². The van der Waals surface area contributed by atoms with Gasteiger partial charge in [0.15, 0.2) is 11.5 Å². The van der Waals surface area contributed by atoms with Crippen molar-refractivity contribution in [3.05, 3.63) is 23.3 Å². The standard InChI is InChI=1S/C17H26N2O5S/c1-13-10-15(23-2)16(24-3)11-14(13)12-17(20)18-6-5-7-19(9-8-18)25(4,21)22/h10-11H,5-9,12H2,1-4H3. The number of aryl methyl sites for hydroxylation is 1. The number of benzene rings is 1. The zero-order chi connectivity index (χ0) is 18.6. The lowest BCUT2D eigenvalue weighted by molar-refractivity contribution is -0.130. The summed E-state index contributed by atoms with van der Waals surface area (Å²) in [7, 11) is -0.0766. The first-order valence-electron chi connectivity index (χ1n) is 8.20. The van der Waals surface area contributed by atoms with Gasteiger partial charge in [-0.15, -0.1) is 0 Å². The number of carbonyl (C=O) groups excluding carboxylic acids is 1. The zero-order valence-electron chi connectivity index (χ0n) is 15.2. The van der Waals surface area contributed by atoms with Crippen LogP contribution in [0.3, 0.4) is 0 Å². The first-order chi connectivity index (χ1) is 11.8. The van der Waals surface area contributed by atoms with Crippen LogP contribution in [0.5, 0.6) is 11.5 Å². The molecule has 25 heavy (non-hydrogen) atoms. The SMILES string of the molecule is COc1cc(C)c(CC(=O)N2CCCN(S(C)(=O)=O)CC2)cc1OC. The van der Waals surface area contributed by atoms with Crippen LogP contribution >= 0.6 is 0 Å². The maximum Gasteiger partial charge on any atom is 0.227 e. The Kier molecular flexibility index (Phi) is 6.29. The van der Waals surface area contributed by atoms with Gasteiger partial charge in [-0.25, -0.2) is 12.7 Å². The van der Waals surface area contributed by atoms with Crippen LogP contribution < -0.4 is 9.47 Å². The van der Waals surface area contributed by atoms with Crippen molar-refractivity contribution >= 4 is 15.9 Å². The van der Waals surface area contributed by atoms with Crippen molar-refractivity contribution in [1.29, 1.82) is 0 Å². The molecule has 1 aliphatic rings. The largest absolute Gasteiger partial charge is 0.493 e. The van der Waals surface area contributed by atoms with Crippen molar-refractivity contribution in [3.63, 3.8) is 0 Å². The molecule has 0 unspecified atom stereocenters. The van der Waals surface area contributed by atoms with Crippen molar-refractivity contribution in [3.8, 4) is 11.5 Å². The summed E-state index contributed by atoms with van der Waals surface area (Å²) >= 11 is 0. The third kappa shape index (κ3) is 4.85. The molecule has 7 nitrogen and oxygen atoms in total. The van der Waals surface area contributed by atoms with Crippen LogP contribution in [0.4, 0.5) is 0 Å². The average molecular weight is 370 g/mol. The first-order valence-corrected chi connectivity index (χ1v) is 10.1. The van der Waals surface area contributed by atoms with Crippen molar-refractivity contribution < 1.29 is 22.7 Å². The minimum atomic E-state index is -3.22. The molecular weight excluding hydrogens is 344 g/mol. The molecule has 140 valence electrons. The molecule has 0 aliphatic carbocycles. The van der Waals surface area contributed by atoms with Crippen LogP contribution in [0.15, 0.2) is 12.1 Å². The number of carbonyl (C=O) groups is 1. The monoisotopic (exact) mass is 370 g/mol. The van der Waals surface area contributed by atoms with Gasteiger partial charge in [0.25, 0.3) is 0 Å². The molecular formula is C17H26N2O5S. The fourth-order valence-electron chi connectivity index (χ4n) is 2.96. The number of rotatable bonds is 5. The summed E-state index contributed by atoms with van der Waals surface area (Å²) in [6.45, 7) is 3.71. The highest BCUT2D eigenvalue weighted by Crippen LogP contribution is 2.30. The van der Waals surface area contributed by atoms with Gasteiger partial charge >= 0.3 is 0 Å². The average Bonchev–Trinajstić information content (AvgIpc) is 2.82. The van der Waals surface area contributed by atoms with Crippen molar-refractivity contribution in [2.24, 2.45) is 0 Å². The summed E-state index contributed by atoms with van der Waals surface area (Å²) in [5, 5.41) is 0. The molecule has 0 bridgehead atoms. The van der Waals surface area contributed by atoms with E-state index in [0.717, 1.165) is 11.1 Å². The lowest BCUT2D eigenvalue weighted by Gasteiger charge is -2.22. The molecule has 8 heteroatoms. The van der Waals surface area contributed by atoms with Gasteiger partial charge in [0, 0.05) is 26.2 Å². The Balaban J connectivity index is 2.09. The Labute approximate surface area is 149 Å². The maximum atomic E-state index is 12.7. The fraction of sp³-hybridized carbons (Fsp3) is 0.588. The highest BCUT2D eigenvalue weighted by molar-refractivity contribution is 7.88. The number of amides is 1. The van der Waals surface area contributed by atoms with Gasteiger partial charge in [-0.05, 0) is 36.6 Å². The van der Waals surface area contributed by atoms with Crippen molar-refractivity contribution in [1.82, 2.24) is 9.21 Å². The second kappa shape index (κ2) is 8.05. The Hall–Kier alpha value is -1.80. The minimum Gasteiger partial charge on any atom is -0.493 e. The molecule has 0 saturated carbocycles. The number of nitrogens with zero attached hydrogens (tertiary/aromatic N) is 2. The summed E-state index contributed by atoms with van der Waals surface area (Å²) < 4.78 is 35.4. The molecule has 1 aliphatic heterocycles. The van der Waals surface area contributed by atoms with Crippen LogP contribution in [-0.4, -0.2) is 70.2 Å². The zero-order valence-corrected chi connectivity index (χ0v) is 16.1. The van der Waals surface area contributed by atoms with E-state index in [1.807, 2.05) is 19.1 Å². The summed E-state index contributed by atoms with van der Waals surface area (Å²) in [5.74, 6) is 1.22. The van der Waals surface area contributed by atoms with Crippen LogP contribution in [0.1, 0.15) is 17.5 Å². The Morgan fingerprint density at radius 1 is 1.08 bits per heavy atom. The van der Waals surface area contributed by atoms with Gasteiger partial charge in [-0.2, -0.15) is 0 Å².